The van der Waals surface area contributed by atoms with Gasteiger partial charge < -0.3 is 18.9 Å². The van der Waals surface area contributed by atoms with Crippen molar-refractivity contribution in [1.82, 2.24) is 0 Å². The monoisotopic (exact) mass is 295 g/mol. The van der Waals surface area contributed by atoms with Crippen LogP contribution < -0.4 is 14.8 Å². The van der Waals surface area contributed by atoms with Crippen LogP contribution in [0.4, 0.5) is 10.5 Å². The van der Waals surface area contributed by atoms with Gasteiger partial charge >= 0.3 is 6.09 Å². The van der Waals surface area contributed by atoms with E-state index in [2.05, 4.69) is 5.32 Å². The Morgan fingerprint density at radius 3 is 2.67 bits per heavy atom. The van der Waals surface area contributed by atoms with Gasteiger partial charge in [0.1, 0.15) is 18.3 Å². The van der Waals surface area contributed by atoms with Crippen LogP contribution in [-0.2, 0) is 9.47 Å². The largest absolute Gasteiger partial charge is 0.493 e. The number of anilines is 1. The fourth-order valence-electron chi connectivity index (χ4n) is 1.64. The molecule has 0 aromatic heterocycles. The molecule has 1 atom stereocenters. The van der Waals surface area contributed by atoms with Crippen molar-refractivity contribution in [2.24, 2.45) is 0 Å². The Balaban J connectivity index is 2.01. The maximum absolute atomic E-state index is 11.7. The molecule has 1 aliphatic heterocycles. The van der Waals surface area contributed by atoms with Gasteiger partial charge in [0.05, 0.1) is 13.7 Å². The van der Waals surface area contributed by atoms with Crippen molar-refractivity contribution < 1.29 is 23.7 Å². The second-order valence-corrected chi connectivity index (χ2v) is 5.76. The fraction of sp³-hybridized carbons (Fsp3) is 0.533. The van der Waals surface area contributed by atoms with Crippen molar-refractivity contribution >= 4 is 11.8 Å². The van der Waals surface area contributed by atoms with Gasteiger partial charge in [0, 0.05) is 11.8 Å². The Hall–Kier alpha value is -1.95. The lowest BCUT2D eigenvalue weighted by Crippen LogP contribution is -2.27. The molecule has 1 aromatic carbocycles. The quantitative estimate of drug-likeness (QED) is 0.846. The number of benzene rings is 1. The highest BCUT2D eigenvalue weighted by Crippen LogP contribution is 2.31. The molecule has 116 valence electrons. The van der Waals surface area contributed by atoms with Crippen LogP contribution >= 0.6 is 0 Å². The predicted octanol–water partition coefficient (Wildman–Crippen LogP) is 2.82. The van der Waals surface area contributed by atoms with E-state index in [1.165, 1.54) is 0 Å². The maximum Gasteiger partial charge on any atom is 0.412 e. The third-order valence-electron chi connectivity index (χ3n) is 2.64. The molecule has 0 radical (unpaired) electrons. The molecular formula is C15H21NO5. The standard InChI is InChI=1S/C15H21NO5/c1-15(2,3)21-14(17)16-10-5-6-12(18-4)13(7-10)20-9-11-8-19-11/h5-7,11H,8-9H2,1-4H3,(H,16,17)/t11-/m1/s1. The van der Waals surface area contributed by atoms with Gasteiger partial charge in [-0.15, -0.1) is 0 Å². The zero-order valence-electron chi connectivity index (χ0n) is 12.8. The van der Waals surface area contributed by atoms with Gasteiger partial charge in [-0.2, -0.15) is 0 Å². The fourth-order valence-corrected chi connectivity index (χ4v) is 1.64. The minimum atomic E-state index is -0.542. The Morgan fingerprint density at radius 1 is 1.38 bits per heavy atom. The van der Waals surface area contributed by atoms with Crippen molar-refractivity contribution in [3.63, 3.8) is 0 Å². The summed E-state index contributed by atoms with van der Waals surface area (Å²) in [5.74, 6) is 1.16. The molecule has 1 heterocycles. The molecule has 0 aliphatic carbocycles. The summed E-state index contributed by atoms with van der Waals surface area (Å²) in [6.07, 6.45) is -0.360. The predicted molar refractivity (Wildman–Crippen MR) is 78.1 cm³/mol. The summed E-state index contributed by atoms with van der Waals surface area (Å²) in [6.45, 7) is 6.62. The van der Waals surface area contributed by atoms with Crippen molar-refractivity contribution in [1.29, 1.82) is 0 Å². The smallest absolute Gasteiger partial charge is 0.412 e. The van der Waals surface area contributed by atoms with Gasteiger partial charge in [-0.1, -0.05) is 0 Å². The number of carbonyl (C=O) groups is 1. The van der Waals surface area contributed by atoms with Crippen LogP contribution in [0.5, 0.6) is 11.5 Å². The molecule has 21 heavy (non-hydrogen) atoms. The first-order valence-electron chi connectivity index (χ1n) is 6.80. The van der Waals surface area contributed by atoms with Gasteiger partial charge in [0.15, 0.2) is 11.5 Å². The van der Waals surface area contributed by atoms with E-state index < -0.39 is 11.7 Å². The Kier molecular flexibility index (Phi) is 4.57. The minimum absolute atomic E-state index is 0.150. The summed E-state index contributed by atoms with van der Waals surface area (Å²) in [6, 6.07) is 5.16. The molecule has 1 N–H and O–H groups in total. The van der Waals surface area contributed by atoms with Crippen LogP contribution in [-0.4, -0.2) is 38.1 Å². The van der Waals surface area contributed by atoms with Crippen LogP contribution in [0.15, 0.2) is 18.2 Å². The highest BCUT2D eigenvalue weighted by molar-refractivity contribution is 5.85. The van der Waals surface area contributed by atoms with Crippen molar-refractivity contribution in [2.45, 2.75) is 32.5 Å². The molecule has 1 aromatic rings. The number of methoxy groups -OCH3 is 1. The molecule has 0 bridgehead atoms. The van der Waals surface area contributed by atoms with E-state index in [4.69, 9.17) is 18.9 Å². The first-order valence-corrected chi connectivity index (χ1v) is 6.80. The van der Waals surface area contributed by atoms with E-state index in [1.54, 1.807) is 25.3 Å². The van der Waals surface area contributed by atoms with Crippen LogP contribution in [0.3, 0.4) is 0 Å². The first-order chi connectivity index (χ1) is 9.87. The van der Waals surface area contributed by atoms with Crippen molar-refractivity contribution in [3.8, 4) is 11.5 Å². The minimum Gasteiger partial charge on any atom is -0.493 e. The number of rotatable bonds is 5. The molecule has 1 fully saturated rings. The maximum atomic E-state index is 11.7. The molecule has 6 heteroatoms. The zero-order chi connectivity index (χ0) is 15.5. The number of ether oxygens (including phenoxy) is 4. The Morgan fingerprint density at radius 2 is 2.10 bits per heavy atom. The van der Waals surface area contributed by atoms with E-state index in [-0.39, 0.29) is 6.10 Å². The van der Waals surface area contributed by atoms with Gasteiger partial charge in [-0.05, 0) is 32.9 Å². The summed E-state index contributed by atoms with van der Waals surface area (Å²) in [5, 5.41) is 2.67. The second kappa shape index (κ2) is 6.22. The lowest BCUT2D eigenvalue weighted by atomic mass is 10.2. The molecule has 1 aliphatic rings. The lowest BCUT2D eigenvalue weighted by Gasteiger charge is -2.20. The number of hydrogen-bond donors (Lipinski definition) is 1. The molecular weight excluding hydrogens is 274 g/mol. The summed E-state index contributed by atoms with van der Waals surface area (Å²) >= 11 is 0. The van der Waals surface area contributed by atoms with Crippen molar-refractivity contribution in [3.05, 3.63) is 18.2 Å². The average Bonchev–Trinajstić information content (AvgIpc) is 3.18. The summed E-state index contributed by atoms with van der Waals surface area (Å²) in [5.41, 5.74) is 0.0379. The molecule has 6 nitrogen and oxygen atoms in total. The van der Waals surface area contributed by atoms with E-state index in [9.17, 15) is 4.79 Å². The SMILES string of the molecule is COc1ccc(NC(=O)OC(C)(C)C)cc1OC[C@H]1CO1. The summed E-state index contributed by atoms with van der Waals surface area (Å²) in [4.78, 5) is 11.7. The number of carbonyl (C=O) groups excluding carboxylic acids is 1. The zero-order valence-corrected chi connectivity index (χ0v) is 12.8. The highest BCUT2D eigenvalue weighted by atomic mass is 16.6. The average molecular weight is 295 g/mol. The Bertz CT molecular complexity index is 505. The molecule has 0 saturated carbocycles. The van der Waals surface area contributed by atoms with Crippen LogP contribution in [0, 0.1) is 0 Å². The van der Waals surface area contributed by atoms with Crippen LogP contribution in [0.2, 0.25) is 0 Å². The molecule has 0 spiro atoms. The second-order valence-electron chi connectivity index (χ2n) is 5.76. The summed E-state index contributed by atoms with van der Waals surface area (Å²) in [7, 11) is 1.57. The van der Waals surface area contributed by atoms with Gasteiger partial charge in [0.2, 0.25) is 0 Å². The topological polar surface area (TPSA) is 69.3 Å². The van der Waals surface area contributed by atoms with E-state index in [1.807, 2.05) is 20.8 Å². The van der Waals surface area contributed by atoms with E-state index >= 15 is 0 Å². The van der Waals surface area contributed by atoms with Gasteiger partial charge in [-0.3, -0.25) is 5.32 Å². The highest BCUT2D eigenvalue weighted by Gasteiger charge is 2.24. The summed E-state index contributed by atoms with van der Waals surface area (Å²) < 4.78 is 21.2. The normalized spacial score (nSPS) is 17.0. The number of epoxide rings is 1. The number of amides is 1. The molecule has 2 rings (SSSR count). The molecule has 0 unspecified atom stereocenters. The van der Waals surface area contributed by atoms with Gasteiger partial charge in [0.25, 0.3) is 0 Å². The van der Waals surface area contributed by atoms with Crippen LogP contribution in [0.1, 0.15) is 20.8 Å². The third kappa shape index (κ3) is 5.15. The molecule has 1 amide bonds. The Labute approximate surface area is 124 Å². The molecule has 1 saturated heterocycles. The number of nitrogens with one attached hydrogen (secondary N) is 1. The van der Waals surface area contributed by atoms with Gasteiger partial charge in [-0.25, -0.2) is 4.79 Å². The van der Waals surface area contributed by atoms with E-state index in [0.29, 0.717) is 23.8 Å². The van der Waals surface area contributed by atoms with E-state index in [0.717, 1.165) is 6.61 Å². The lowest BCUT2D eigenvalue weighted by molar-refractivity contribution is 0.0636. The first kappa shape index (κ1) is 15.4. The van der Waals surface area contributed by atoms with Crippen molar-refractivity contribution in [2.75, 3.05) is 25.6 Å². The van der Waals surface area contributed by atoms with Crippen LogP contribution in [0.25, 0.3) is 0 Å². The third-order valence-corrected chi connectivity index (χ3v) is 2.64. The number of hydrogen-bond acceptors (Lipinski definition) is 5.